The van der Waals surface area contributed by atoms with Gasteiger partial charge in [0.2, 0.25) is 0 Å². The first-order valence-electron chi connectivity index (χ1n) is 7.90. The number of para-hydroxylation sites is 1. The van der Waals surface area contributed by atoms with E-state index in [1.165, 1.54) is 0 Å². The van der Waals surface area contributed by atoms with Crippen molar-refractivity contribution in [2.45, 2.75) is 20.0 Å². The molecule has 0 saturated carbocycles. The van der Waals surface area contributed by atoms with Gasteiger partial charge in [-0.25, -0.2) is 4.79 Å². The Bertz CT molecular complexity index is 670. The quantitative estimate of drug-likeness (QED) is 0.757. The molecule has 5 nitrogen and oxygen atoms in total. The highest BCUT2D eigenvalue weighted by Crippen LogP contribution is 2.15. The van der Waals surface area contributed by atoms with E-state index in [1.54, 1.807) is 18.2 Å². The van der Waals surface area contributed by atoms with E-state index in [2.05, 4.69) is 5.32 Å². The Morgan fingerprint density at radius 3 is 2.46 bits per heavy atom. The molecule has 2 aromatic rings. The van der Waals surface area contributed by atoms with Crippen LogP contribution in [0.2, 0.25) is 0 Å². The van der Waals surface area contributed by atoms with Crippen LogP contribution in [-0.2, 0) is 16.1 Å². The molecule has 5 heteroatoms. The Morgan fingerprint density at radius 2 is 1.71 bits per heavy atom. The molecule has 0 aliphatic heterocycles. The van der Waals surface area contributed by atoms with Gasteiger partial charge in [0.1, 0.15) is 12.4 Å². The maximum Gasteiger partial charge on any atom is 0.339 e. The second-order valence-corrected chi connectivity index (χ2v) is 5.18. The summed E-state index contributed by atoms with van der Waals surface area (Å²) >= 11 is 0. The van der Waals surface area contributed by atoms with E-state index < -0.39 is 5.97 Å². The fraction of sp³-hybridized carbons (Fsp3) is 0.263. The number of amides is 1. The first-order chi connectivity index (χ1) is 11.7. The lowest BCUT2D eigenvalue weighted by molar-refractivity contribution is -0.124. The number of carbonyl (C=O) groups excluding carboxylic acids is 2. The molecule has 0 radical (unpaired) electrons. The van der Waals surface area contributed by atoms with Gasteiger partial charge < -0.3 is 14.8 Å². The molecule has 0 saturated heterocycles. The molecule has 0 aromatic heterocycles. The van der Waals surface area contributed by atoms with Crippen molar-refractivity contribution in [1.29, 1.82) is 0 Å². The number of hydrogen-bond acceptors (Lipinski definition) is 4. The predicted molar refractivity (Wildman–Crippen MR) is 90.8 cm³/mol. The molecule has 24 heavy (non-hydrogen) atoms. The Morgan fingerprint density at radius 1 is 1.00 bits per heavy atom. The lowest BCUT2D eigenvalue weighted by Gasteiger charge is -2.11. The number of benzene rings is 2. The monoisotopic (exact) mass is 327 g/mol. The third-order valence-corrected chi connectivity index (χ3v) is 3.28. The number of esters is 1. The molecule has 1 amide bonds. The van der Waals surface area contributed by atoms with Crippen LogP contribution in [0.15, 0.2) is 54.6 Å². The van der Waals surface area contributed by atoms with Gasteiger partial charge in [-0.05, 0) is 24.6 Å². The number of nitrogens with one attached hydrogen (secondary N) is 1. The maximum atomic E-state index is 12.2. The molecule has 0 heterocycles. The molecule has 1 N–H and O–H groups in total. The molecular formula is C19H21NO4. The molecule has 0 spiro atoms. The normalized spacial score (nSPS) is 10.0. The van der Waals surface area contributed by atoms with E-state index in [9.17, 15) is 9.59 Å². The van der Waals surface area contributed by atoms with Crippen LogP contribution < -0.4 is 10.1 Å². The van der Waals surface area contributed by atoms with Crippen molar-refractivity contribution in [3.8, 4) is 5.75 Å². The highest BCUT2D eigenvalue weighted by molar-refractivity contribution is 5.92. The second-order valence-electron chi connectivity index (χ2n) is 5.18. The minimum absolute atomic E-state index is 0.247. The maximum absolute atomic E-state index is 12.2. The lowest BCUT2D eigenvalue weighted by atomic mass is 10.1. The third-order valence-electron chi connectivity index (χ3n) is 3.28. The Balaban J connectivity index is 1.94. The first kappa shape index (κ1) is 17.5. The SMILES string of the molecule is CCCNC(=O)COC(=O)c1ccccc1COc1ccccc1. The molecule has 0 unspecified atom stereocenters. The van der Waals surface area contributed by atoms with Crippen molar-refractivity contribution in [2.24, 2.45) is 0 Å². The largest absolute Gasteiger partial charge is 0.489 e. The average molecular weight is 327 g/mol. The summed E-state index contributed by atoms with van der Waals surface area (Å²) in [6.45, 7) is 2.48. The Hall–Kier alpha value is -2.82. The van der Waals surface area contributed by atoms with Crippen LogP contribution in [0.25, 0.3) is 0 Å². The Labute approximate surface area is 141 Å². The minimum Gasteiger partial charge on any atom is -0.489 e. The summed E-state index contributed by atoms with van der Waals surface area (Å²) in [6.07, 6.45) is 0.833. The molecule has 0 fully saturated rings. The molecule has 0 aliphatic rings. The zero-order chi connectivity index (χ0) is 17.2. The second kappa shape index (κ2) is 9.35. The van der Waals surface area contributed by atoms with Crippen LogP contribution in [0.4, 0.5) is 0 Å². The van der Waals surface area contributed by atoms with Crippen LogP contribution in [0.3, 0.4) is 0 Å². The summed E-state index contributed by atoms with van der Waals surface area (Å²) in [5.41, 5.74) is 1.11. The third kappa shape index (κ3) is 5.43. The summed E-state index contributed by atoms with van der Waals surface area (Å²) in [4.78, 5) is 23.7. The highest BCUT2D eigenvalue weighted by Gasteiger charge is 2.14. The van der Waals surface area contributed by atoms with Crippen LogP contribution >= 0.6 is 0 Å². The van der Waals surface area contributed by atoms with E-state index in [0.717, 1.165) is 12.2 Å². The van der Waals surface area contributed by atoms with Gasteiger partial charge in [0.25, 0.3) is 5.91 Å². The van der Waals surface area contributed by atoms with Crippen LogP contribution in [0.5, 0.6) is 5.75 Å². The van der Waals surface area contributed by atoms with Crippen LogP contribution in [-0.4, -0.2) is 25.0 Å². The highest BCUT2D eigenvalue weighted by atomic mass is 16.5. The van der Waals surface area contributed by atoms with E-state index in [1.807, 2.05) is 43.3 Å². The minimum atomic E-state index is -0.533. The topological polar surface area (TPSA) is 64.6 Å². The molecule has 126 valence electrons. The molecule has 0 atom stereocenters. The molecule has 0 bridgehead atoms. The number of rotatable bonds is 8. The van der Waals surface area contributed by atoms with E-state index in [4.69, 9.17) is 9.47 Å². The van der Waals surface area contributed by atoms with E-state index >= 15 is 0 Å². The smallest absolute Gasteiger partial charge is 0.339 e. The van der Waals surface area contributed by atoms with Crippen molar-refractivity contribution >= 4 is 11.9 Å². The summed E-state index contributed by atoms with van der Waals surface area (Å²) in [6, 6.07) is 16.4. The van der Waals surface area contributed by atoms with Crippen LogP contribution in [0, 0.1) is 0 Å². The number of hydrogen-bond donors (Lipinski definition) is 1. The van der Waals surface area contributed by atoms with E-state index in [0.29, 0.717) is 17.7 Å². The van der Waals surface area contributed by atoms with Gasteiger partial charge >= 0.3 is 5.97 Å². The summed E-state index contributed by atoms with van der Waals surface area (Å²) in [7, 11) is 0. The fourth-order valence-corrected chi connectivity index (χ4v) is 2.05. The zero-order valence-corrected chi connectivity index (χ0v) is 13.7. The predicted octanol–water partition coefficient (Wildman–Crippen LogP) is 2.95. The van der Waals surface area contributed by atoms with Gasteiger partial charge in [0.15, 0.2) is 6.61 Å². The molecular weight excluding hydrogens is 306 g/mol. The fourth-order valence-electron chi connectivity index (χ4n) is 2.05. The van der Waals surface area contributed by atoms with Crippen molar-refractivity contribution in [1.82, 2.24) is 5.32 Å². The van der Waals surface area contributed by atoms with Gasteiger partial charge in [-0.3, -0.25) is 4.79 Å². The molecule has 2 aromatic carbocycles. The number of carbonyl (C=O) groups is 2. The van der Waals surface area contributed by atoms with Gasteiger partial charge in [-0.2, -0.15) is 0 Å². The molecule has 2 rings (SSSR count). The van der Waals surface area contributed by atoms with Gasteiger partial charge in [-0.1, -0.05) is 43.3 Å². The van der Waals surface area contributed by atoms with Gasteiger partial charge in [0.05, 0.1) is 5.56 Å². The average Bonchev–Trinajstić information content (AvgIpc) is 2.63. The number of ether oxygens (including phenoxy) is 2. The standard InChI is InChI=1S/C19H21NO4/c1-2-12-20-18(21)14-24-19(22)17-11-7-6-8-15(17)13-23-16-9-4-3-5-10-16/h3-11H,2,12-14H2,1H3,(H,20,21). The zero-order valence-electron chi connectivity index (χ0n) is 13.7. The van der Waals surface area contributed by atoms with Crippen molar-refractivity contribution in [2.75, 3.05) is 13.2 Å². The first-order valence-corrected chi connectivity index (χ1v) is 7.90. The van der Waals surface area contributed by atoms with Crippen molar-refractivity contribution in [3.63, 3.8) is 0 Å². The lowest BCUT2D eigenvalue weighted by Crippen LogP contribution is -2.29. The van der Waals surface area contributed by atoms with E-state index in [-0.39, 0.29) is 19.1 Å². The van der Waals surface area contributed by atoms with Crippen LogP contribution in [0.1, 0.15) is 29.3 Å². The summed E-state index contributed by atoms with van der Waals surface area (Å²) in [5.74, 6) is -0.114. The van der Waals surface area contributed by atoms with Crippen molar-refractivity contribution in [3.05, 3.63) is 65.7 Å². The van der Waals surface area contributed by atoms with Gasteiger partial charge in [0, 0.05) is 12.1 Å². The van der Waals surface area contributed by atoms with Crippen molar-refractivity contribution < 1.29 is 19.1 Å². The Kier molecular flexibility index (Phi) is 6.83. The molecule has 0 aliphatic carbocycles. The summed E-state index contributed by atoms with van der Waals surface area (Å²) < 4.78 is 10.7. The summed E-state index contributed by atoms with van der Waals surface area (Å²) in [5, 5.41) is 2.66. The van der Waals surface area contributed by atoms with Gasteiger partial charge in [-0.15, -0.1) is 0 Å².